The number of hydrogen-bond donors (Lipinski definition) is 1. The number of para-hydroxylation sites is 1. The normalized spacial score (nSPS) is 9.77. The number of nitrogens with one attached hydrogen (secondary N) is 1. The summed E-state index contributed by atoms with van der Waals surface area (Å²) in [5.41, 5.74) is 1.48. The van der Waals surface area contributed by atoms with Crippen LogP contribution in [0.1, 0.15) is 5.56 Å². The van der Waals surface area contributed by atoms with E-state index < -0.39 is 0 Å². The van der Waals surface area contributed by atoms with Crippen LogP contribution in [0.4, 0.5) is 5.69 Å². The van der Waals surface area contributed by atoms with Crippen molar-refractivity contribution in [3.63, 3.8) is 0 Å². The van der Waals surface area contributed by atoms with Crippen molar-refractivity contribution in [1.82, 2.24) is 4.98 Å². The summed E-state index contributed by atoms with van der Waals surface area (Å²) in [4.78, 5) is 13.2. The maximum atomic E-state index is 10.4. The molecule has 1 N–H and O–H groups in total. The van der Waals surface area contributed by atoms with Crippen LogP contribution in [-0.2, 0) is 0 Å². The molecule has 0 spiro atoms. The molecular weight excluding hydrogens is 166 g/mol. The van der Waals surface area contributed by atoms with Gasteiger partial charge in [0.05, 0.1) is 11.1 Å². The van der Waals surface area contributed by atoms with Gasteiger partial charge in [-0.25, -0.2) is 0 Å². The highest BCUT2D eigenvalue weighted by molar-refractivity contribution is 5.93. The Bertz CT molecular complexity index is 507. The molecule has 4 nitrogen and oxygen atoms in total. The fourth-order valence-corrected chi connectivity index (χ4v) is 1.31. The predicted octanol–water partition coefficient (Wildman–Crippen LogP) is 2.44. The van der Waals surface area contributed by atoms with E-state index in [1.54, 1.807) is 24.4 Å². The van der Waals surface area contributed by atoms with E-state index in [0.717, 1.165) is 5.39 Å². The zero-order valence-corrected chi connectivity index (χ0v) is 6.61. The molecule has 2 aromatic rings. The molecule has 13 heavy (non-hydrogen) atoms. The third kappa shape index (κ3) is 0.983. The van der Waals surface area contributed by atoms with Gasteiger partial charge in [-0.15, -0.1) is 4.91 Å². The molecule has 0 saturated carbocycles. The highest BCUT2D eigenvalue weighted by Gasteiger charge is 2.06. The predicted molar refractivity (Wildman–Crippen MR) is 48.5 cm³/mol. The zero-order chi connectivity index (χ0) is 9.26. The molecule has 0 aliphatic heterocycles. The lowest BCUT2D eigenvalue weighted by Gasteiger charge is -1.91. The van der Waals surface area contributed by atoms with Crippen LogP contribution in [0.5, 0.6) is 0 Å². The number of aromatic nitrogens is 1. The van der Waals surface area contributed by atoms with Crippen molar-refractivity contribution in [3.05, 3.63) is 34.9 Å². The van der Waals surface area contributed by atoms with Crippen molar-refractivity contribution in [2.24, 2.45) is 5.18 Å². The summed E-state index contributed by atoms with van der Waals surface area (Å²) in [6.45, 7) is 0. The Morgan fingerprint density at radius 3 is 3.00 bits per heavy atom. The van der Waals surface area contributed by atoms with Crippen LogP contribution in [0.15, 0.2) is 29.6 Å². The lowest BCUT2D eigenvalue weighted by Crippen LogP contribution is -1.70. The van der Waals surface area contributed by atoms with Crippen LogP contribution >= 0.6 is 0 Å². The minimum Gasteiger partial charge on any atom is -0.358 e. The van der Waals surface area contributed by atoms with Crippen molar-refractivity contribution in [1.29, 1.82) is 5.26 Å². The summed E-state index contributed by atoms with van der Waals surface area (Å²) in [5, 5.41) is 12.3. The van der Waals surface area contributed by atoms with Crippen LogP contribution in [0.2, 0.25) is 0 Å². The van der Waals surface area contributed by atoms with Gasteiger partial charge in [-0.1, -0.05) is 12.1 Å². The number of fused-ring (bicyclic) bond motifs is 1. The Morgan fingerprint density at radius 2 is 2.31 bits per heavy atom. The van der Waals surface area contributed by atoms with Gasteiger partial charge < -0.3 is 4.98 Å². The summed E-state index contributed by atoms with van der Waals surface area (Å²) in [6.07, 6.45) is 1.57. The molecule has 0 amide bonds. The van der Waals surface area contributed by atoms with Gasteiger partial charge in [0.2, 0.25) is 0 Å². The van der Waals surface area contributed by atoms with Crippen molar-refractivity contribution in [2.45, 2.75) is 0 Å². The van der Waals surface area contributed by atoms with Crippen molar-refractivity contribution in [3.8, 4) is 6.07 Å². The second-order valence-electron chi connectivity index (χ2n) is 2.61. The first-order valence-electron chi connectivity index (χ1n) is 3.70. The van der Waals surface area contributed by atoms with Crippen molar-refractivity contribution in [2.75, 3.05) is 0 Å². The fourth-order valence-electron chi connectivity index (χ4n) is 1.31. The van der Waals surface area contributed by atoms with E-state index in [4.69, 9.17) is 5.26 Å². The lowest BCUT2D eigenvalue weighted by atomic mass is 10.2. The molecule has 0 saturated heterocycles. The number of nitrogens with zero attached hydrogens (tertiary/aromatic N) is 2. The Balaban J connectivity index is 2.88. The quantitative estimate of drug-likeness (QED) is 0.669. The maximum absolute atomic E-state index is 10.4. The lowest BCUT2D eigenvalue weighted by molar-refractivity contribution is 1.42. The Kier molecular flexibility index (Phi) is 1.57. The first-order valence-corrected chi connectivity index (χ1v) is 3.70. The monoisotopic (exact) mass is 171 g/mol. The number of rotatable bonds is 1. The van der Waals surface area contributed by atoms with Crippen molar-refractivity contribution >= 4 is 16.6 Å². The Labute approximate surface area is 73.8 Å². The van der Waals surface area contributed by atoms with E-state index in [1.807, 2.05) is 6.07 Å². The average molecular weight is 171 g/mol. The summed E-state index contributed by atoms with van der Waals surface area (Å²) in [7, 11) is 0. The van der Waals surface area contributed by atoms with E-state index in [-0.39, 0.29) is 0 Å². The molecule has 1 aromatic carbocycles. The number of benzene rings is 1. The molecule has 4 heteroatoms. The first-order chi connectivity index (χ1) is 6.36. The van der Waals surface area contributed by atoms with Gasteiger partial charge in [-0.3, -0.25) is 0 Å². The molecule has 1 aromatic heterocycles. The van der Waals surface area contributed by atoms with Crippen LogP contribution in [0.3, 0.4) is 0 Å². The van der Waals surface area contributed by atoms with Crippen LogP contribution in [0.25, 0.3) is 10.9 Å². The van der Waals surface area contributed by atoms with E-state index in [1.165, 1.54) is 0 Å². The summed E-state index contributed by atoms with van der Waals surface area (Å²) >= 11 is 0. The van der Waals surface area contributed by atoms with Crippen LogP contribution in [0, 0.1) is 16.2 Å². The topological polar surface area (TPSA) is 69.0 Å². The molecule has 0 radical (unpaired) electrons. The number of nitriles is 1. The van der Waals surface area contributed by atoms with E-state index in [0.29, 0.717) is 16.8 Å². The highest BCUT2D eigenvalue weighted by atomic mass is 16.3. The minimum atomic E-state index is 0.332. The van der Waals surface area contributed by atoms with Gasteiger partial charge in [0.15, 0.2) is 0 Å². The van der Waals surface area contributed by atoms with Gasteiger partial charge in [0.1, 0.15) is 11.8 Å². The van der Waals surface area contributed by atoms with Crippen LogP contribution < -0.4 is 0 Å². The Morgan fingerprint density at radius 1 is 1.46 bits per heavy atom. The molecule has 0 bridgehead atoms. The molecule has 0 fully saturated rings. The second kappa shape index (κ2) is 2.72. The maximum Gasteiger partial charge on any atom is 0.132 e. The smallest absolute Gasteiger partial charge is 0.132 e. The largest absolute Gasteiger partial charge is 0.358 e. The molecule has 0 aliphatic carbocycles. The minimum absolute atomic E-state index is 0.332. The number of H-pyrrole nitrogens is 1. The third-order valence-corrected chi connectivity index (χ3v) is 1.91. The van der Waals surface area contributed by atoms with Crippen LogP contribution in [-0.4, -0.2) is 4.98 Å². The molecule has 62 valence electrons. The zero-order valence-electron chi connectivity index (χ0n) is 6.61. The second-order valence-corrected chi connectivity index (χ2v) is 2.61. The molecule has 1 heterocycles. The molecule has 2 rings (SSSR count). The summed E-state index contributed by atoms with van der Waals surface area (Å²) < 4.78 is 0. The first kappa shape index (κ1) is 7.50. The molecular formula is C9H5N3O. The van der Waals surface area contributed by atoms with E-state index in [2.05, 4.69) is 10.2 Å². The van der Waals surface area contributed by atoms with Crippen molar-refractivity contribution < 1.29 is 0 Å². The number of aromatic amines is 1. The van der Waals surface area contributed by atoms with Gasteiger partial charge >= 0.3 is 0 Å². The van der Waals surface area contributed by atoms with Gasteiger partial charge in [0.25, 0.3) is 0 Å². The molecule has 0 aliphatic rings. The molecule has 0 atom stereocenters. The fraction of sp³-hybridized carbons (Fsp3) is 0. The van der Waals surface area contributed by atoms with Gasteiger partial charge in [-0.05, 0) is 11.2 Å². The van der Waals surface area contributed by atoms with Gasteiger partial charge in [-0.2, -0.15) is 5.26 Å². The average Bonchev–Trinajstić information content (AvgIpc) is 2.60. The molecule has 0 unspecified atom stereocenters. The summed E-state index contributed by atoms with van der Waals surface area (Å²) in [5.74, 6) is 0. The summed E-state index contributed by atoms with van der Waals surface area (Å²) in [6, 6.07) is 7.11. The number of hydrogen-bond acceptors (Lipinski definition) is 3. The van der Waals surface area contributed by atoms with Gasteiger partial charge in [0, 0.05) is 11.6 Å². The third-order valence-electron chi connectivity index (χ3n) is 1.91. The van der Waals surface area contributed by atoms with E-state index in [9.17, 15) is 4.91 Å². The standard InChI is InChI=1S/C9H5N3O/c10-4-6-5-11-9-7(6)2-1-3-8(9)12-13/h1-3,5,11H. The SMILES string of the molecule is N#Cc1c[nH]c2c(N=O)cccc12. The number of nitroso groups, excluding NO2 is 1. The van der Waals surface area contributed by atoms with E-state index >= 15 is 0 Å². The Hall–Kier alpha value is -2.15. The highest BCUT2D eigenvalue weighted by Crippen LogP contribution is 2.26.